The topological polar surface area (TPSA) is 116 Å². The number of hydrogen-bond acceptors (Lipinski definition) is 7. The first kappa shape index (κ1) is 14.4. The monoisotopic (exact) mass is 321 g/mol. The third kappa shape index (κ3) is 2.73. The summed E-state index contributed by atoms with van der Waals surface area (Å²) in [6.07, 6.45) is 2.80. The van der Waals surface area contributed by atoms with Gasteiger partial charge in [0.05, 0.1) is 36.0 Å². The van der Waals surface area contributed by atoms with Crippen molar-refractivity contribution in [3.8, 4) is 0 Å². The number of rotatable bonds is 5. The molecule has 3 aromatic heterocycles. The zero-order valence-electron chi connectivity index (χ0n) is 11.2. The number of hydrogen-bond donors (Lipinski definition) is 1. The molecule has 1 N–H and O–H groups in total. The van der Waals surface area contributed by atoms with Crippen LogP contribution in [0.5, 0.6) is 0 Å². The second-order valence-electron chi connectivity index (χ2n) is 4.67. The lowest BCUT2D eigenvalue weighted by atomic mass is 10.3. The molecular formula is C12H11N5O4S. The highest BCUT2D eigenvalue weighted by Gasteiger charge is 2.14. The van der Waals surface area contributed by atoms with E-state index < -0.39 is 11.0 Å². The molecule has 0 aliphatic carbocycles. The summed E-state index contributed by atoms with van der Waals surface area (Å²) in [6.45, 7) is 0.0795. The van der Waals surface area contributed by atoms with Crippen LogP contribution in [-0.2, 0) is 13.1 Å². The van der Waals surface area contributed by atoms with Gasteiger partial charge in [0.15, 0.2) is 0 Å². The Morgan fingerprint density at radius 3 is 3.00 bits per heavy atom. The van der Waals surface area contributed by atoms with Crippen molar-refractivity contribution >= 4 is 27.2 Å². The number of nitro groups is 1. The van der Waals surface area contributed by atoms with Gasteiger partial charge in [-0.25, -0.2) is 4.98 Å². The fourth-order valence-electron chi connectivity index (χ4n) is 2.06. The summed E-state index contributed by atoms with van der Waals surface area (Å²) in [4.78, 5) is 26.3. The summed E-state index contributed by atoms with van der Waals surface area (Å²) in [7, 11) is 0. The van der Waals surface area contributed by atoms with Gasteiger partial charge in [-0.15, -0.1) is 11.3 Å². The minimum absolute atomic E-state index is 0.0351. The molecule has 0 spiro atoms. The van der Waals surface area contributed by atoms with E-state index in [4.69, 9.17) is 0 Å². The number of aliphatic hydroxyl groups is 1. The number of aromatic nitrogens is 4. The lowest BCUT2D eigenvalue weighted by Crippen LogP contribution is -2.29. The lowest BCUT2D eigenvalue weighted by Gasteiger charge is -2.12. The van der Waals surface area contributed by atoms with E-state index in [1.807, 2.05) is 0 Å². The molecule has 0 radical (unpaired) electrons. The van der Waals surface area contributed by atoms with Crippen molar-refractivity contribution in [1.29, 1.82) is 0 Å². The summed E-state index contributed by atoms with van der Waals surface area (Å²) < 4.78 is 3.12. The Morgan fingerprint density at radius 2 is 2.27 bits per heavy atom. The van der Waals surface area contributed by atoms with Gasteiger partial charge in [-0.2, -0.15) is 5.10 Å². The number of nitrogens with zero attached hydrogens (tertiary/aromatic N) is 5. The van der Waals surface area contributed by atoms with Crippen molar-refractivity contribution in [1.82, 2.24) is 19.3 Å². The van der Waals surface area contributed by atoms with Crippen LogP contribution in [-0.4, -0.2) is 35.5 Å². The van der Waals surface area contributed by atoms with Gasteiger partial charge < -0.3 is 5.11 Å². The molecule has 22 heavy (non-hydrogen) atoms. The third-order valence-electron chi connectivity index (χ3n) is 3.07. The normalized spacial score (nSPS) is 12.6. The molecule has 10 heteroatoms. The Hall–Kier alpha value is -2.59. The molecular weight excluding hydrogens is 310 g/mol. The maximum absolute atomic E-state index is 12.2. The second kappa shape index (κ2) is 5.66. The van der Waals surface area contributed by atoms with Gasteiger partial charge in [-0.3, -0.25) is 24.2 Å². The first-order chi connectivity index (χ1) is 10.5. The highest BCUT2D eigenvalue weighted by molar-refractivity contribution is 7.17. The molecule has 3 heterocycles. The zero-order valence-corrected chi connectivity index (χ0v) is 12.0. The SMILES string of the molecule is O=c1c2sccc2ncn1C[C@H](O)Cn1cc([N+](=O)[O-])cn1. The van der Waals surface area contributed by atoms with Crippen LogP contribution < -0.4 is 5.56 Å². The fourth-order valence-corrected chi connectivity index (χ4v) is 2.85. The first-order valence-electron chi connectivity index (χ1n) is 6.32. The average Bonchev–Trinajstić information content (AvgIpc) is 3.11. The summed E-state index contributed by atoms with van der Waals surface area (Å²) >= 11 is 1.30. The maximum Gasteiger partial charge on any atom is 0.306 e. The average molecular weight is 321 g/mol. The molecule has 3 aromatic rings. The molecule has 0 aromatic carbocycles. The quantitative estimate of drug-likeness (QED) is 0.544. The van der Waals surface area contributed by atoms with Crippen LogP contribution in [0, 0.1) is 10.1 Å². The minimum atomic E-state index is -0.920. The Labute approximate surface area is 127 Å². The number of aliphatic hydroxyl groups excluding tert-OH is 1. The van der Waals surface area contributed by atoms with Crippen molar-refractivity contribution in [2.24, 2.45) is 0 Å². The second-order valence-corrected chi connectivity index (χ2v) is 5.58. The van der Waals surface area contributed by atoms with Crippen LogP contribution in [0.15, 0.2) is 35.0 Å². The van der Waals surface area contributed by atoms with Crippen molar-refractivity contribution in [3.63, 3.8) is 0 Å². The summed E-state index contributed by atoms with van der Waals surface area (Å²) in [5, 5.41) is 26.2. The van der Waals surface area contributed by atoms with Gasteiger partial charge in [-0.05, 0) is 11.4 Å². The molecule has 0 unspecified atom stereocenters. The highest BCUT2D eigenvalue weighted by Crippen LogP contribution is 2.13. The molecule has 0 bridgehead atoms. The molecule has 0 fully saturated rings. The van der Waals surface area contributed by atoms with E-state index >= 15 is 0 Å². The highest BCUT2D eigenvalue weighted by atomic mass is 32.1. The van der Waals surface area contributed by atoms with E-state index in [2.05, 4.69) is 10.1 Å². The molecule has 9 nitrogen and oxygen atoms in total. The standard InChI is InChI=1S/C12H11N5O4S/c18-9(6-16-4-8(3-14-16)17(20)21)5-15-7-13-10-1-2-22-11(10)12(15)19/h1-4,7,9,18H,5-6H2/t9-/m0/s1. The van der Waals surface area contributed by atoms with Crippen molar-refractivity contribution in [2.45, 2.75) is 19.2 Å². The number of fused-ring (bicyclic) bond motifs is 1. The van der Waals surface area contributed by atoms with Crippen LogP contribution in [0.4, 0.5) is 5.69 Å². The van der Waals surface area contributed by atoms with E-state index in [1.165, 1.54) is 33.1 Å². The maximum atomic E-state index is 12.2. The van der Waals surface area contributed by atoms with Crippen molar-refractivity contribution in [2.75, 3.05) is 0 Å². The predicted octanol–water partition coefficient (Wildman–Crippen LogP) is 0.624. The smallest absolute Gasteiger partial charge is 0.306 e. The van der Waals surface area contributed by atoms with Crippen LogP contribution in [0.1, 0.15) is 0 Å². The van der Waals surface area contributed by atoms with E-state index in [1.54, 1.807) is 11.4 Å². The fraction of sp³-hybridized carbons (Fsp3) is 0.250. The summed E-state index contributed by atoms with van der Waals surface area (Å²) in [5.74, 6) is 0. The van der Waals surface area contributed by atoms with Crippen LogP contribution in [0.25, 0.3) is 10.2 Å². The lowest BCUT2D eigenvalue weighted by molar-refractivity contribution is -0.385. The Kier molecular flexibility index (Phi) is 3.69. The summed E-state index contributed by atoms with van der Waals surface area (Å²) in [5.41, 5.74) is 0.264. The van der Waals surface area contributed by atoms with Gasteiger partial charge in [0, 0.05) is 0 Å². The third-order valence-corrected chi connectivity index (χ3v) is 3.96. The zero-order chi connectivity index (χ0) is 15.7. The molecule has 3 rings (SSSR count). The molecule has 0 aliphatic rings. The van der Waals surface area contributed by atoms with E-state index in [0.29, 0.717) is 10.2 Å². The first-order valence-corrected chi connectivity index (χ1v) is 7.20. The Balaban J connectivity index is 1.74. The van der Waals surface area contributed by atoms with Gasteiger partial charge in [0.1, 0.15) is 17.1 Å². The van der Waals surface area contributed by atoms with E-state index in [-0.39, 0.29) is 24.3 Å². The van der Waals surface area contributed by atoms with Crippen LogP contribution in [0.2, 0.25) is 0 Å². The predicted molar refractivity (Wildman–Crippen MR) is 78.8 cm³/mol. The summed E-state index contributed by atoms with van der Waals surface area (Å²) in [6, 6.07) is 1.76. The Morgan fingerprint density at radius 1 is 1.45 bits per heavy atom. The molecule has 1 atom stereocenters. The van der Waals surface area contributed by atoms with Crippen LogP contribution >= 0.6 is 11.3 Å². The molecule has 0 saturated carbocycles. The molecule has 0 aliphatic heterocycles. The molecule has 0 amide bonds. The van der Waals surface area contributed by atoms with Gasteiger partial charge >= 0.3 is 5.69 Å². The van der Waals surface area contributed by atoms with Gasteiger partial charge in [0.2, 0.25) is 0 Å². The Bertz CT molecular complexity index is 883. The van der Waals surface area contributed by atoms with Crippen molar-refractivity contribution < 1.29 is 10.0 Å². The number of thiophene rings is 1. The minimum Gasteiger partial charge on any atom is -0.389 e. The molecule has 0 saturated heterocycles. The van der Waals surface area contributed by atoms with Crippen LogP contribution in [0.3, 0.4) is 0 Å². The van der Waals surface area contributed by atoms with E-state index in [0.717, 1.165) is 6.20 Å². The van der Waals surface area contributed by atoms with Crippen molar-refractivity contribution in [3.05, 3.63) is 50.6 Å². The largest absolute Gasteiger partial charge is 0.389 e. The van der Waals surface area contributed by atoms with Gasteiger partial charge in [0.25, 0.3) is 5.56 Å². The van der Waals surface area contributed by atoms with Gasteiger partial charge in [-0.1, -0.05) is 0 Å². The van der Waals surface area contributed by atoms with E-state index in [9.17, 15) is 20.0 Å². The molecule has 114 valence electrons.